The van der Waals surface area contributed by atoms with Crippen LogP contribution in [0.4, 0.5) is 0 Å². The minimum atomic E-state index is -0.474. The summed E-state index contributed by atoms with van der Waals surface area (Å²) in [4.78, 5) is 22.2. The highest BCUT2D eigenvalue weighted by Crippen LogP contribution is 2.29. The van der Waals surface area contributed by atoms with Gasteiger partial charge in [-0.05, 0) is 23.3 Å². The SMILES string of the molecule is CC(=O)Oc1ccc(/C=C/c2ccccc2)cc1OC(C)=O. The third-order valence-electron chi connectivity index (χ3n) is 2.74. The van der Waals surface area contributed by atoms with Crippen molar-refractivity contribution in [2.24, 2.45) is 0 Å². The molecular formula is C18H16O4. The molecule has 4 heteroatoms. The van der Waals surface area contributed by atoms with E-state index < -0.39 is 11.9 Å². The summed E-state index contributed by atoms with van der Waals surface area (Å²) < 4.78 is 10.1. The Morgan fingerprint density at radius 1 is 0.773 bits per heavy atom. The van der Waals surface area contributed by atoms with E-state index in [0.29, 0.717) is 0 Å². The summed E-state index contributed by atoms with van der Waals surface area (Å²) in [5.74, 6) is -0.504. The van der Waals surface area contributed by atoms with Crippen molar-refractivity contribution >= 4 is 24.1 Å². The second-order valence-electron chi connectivity index (χ2n) is 4.64. The van der Waals surface area contributed by atoms with Crippen LogP contribution in [0.15, 0.2) is 48.5 Å². The first-order chi connectivity index (χ1) is 10.5. The Morgan fingerprint density at radius 3 is 2.00 bits per heavy atom. The van der Waals surface area contributed by atoms with Crippen LogP contribution in [-0.4, -0.2) is 11.9 Å². The number of hydrogen-bond acceptors (Lipinski definition) is 4. The summed E-state index contributed by atoms with van der Waals surface area (Å²) in [6, 6.07) is 14.9. The van der Waals surface area contributed by atoms with E-state index in [1.54, 1.807) is 18.2 Å². The van der Waals surface area contributed by atoms with Gasteiger partial charge in [-0.1, -0.05) is 48.6 Å². The minimum Gasteiger partial charge on any atom is -0.423 e. The molecule has 0 atom stereocenters. The van der Waals surface area contributed by atoms with Crippen molar-refractivity contribution in [3.05, 3.63) is 59.7 Å². The molecule has 0 bridgehead atoms. The highest BCUT2D eigenvalue weighted by molar-refractivity contribution is 5.76. The normalized spacial score (nSPS) is 10.5. The second kappa shape index (κ2) is 7.22. The van der Waals surface area contributed by atoms with Gasteiger partial charge in [-0.2, -0.15) is 0 Å². The van der Waals surface area contributed by atoms with Crippen LogP contribution in [0.1, 0.15) is 25.0 Å². The van der Waals surface area contributed by atoms with E-state index in [1.807, 2.05) is 42.5 Å². The van der Waals surface area contributed by atoms with Crippen LogP contribution >= 0.6 is 0 Å². The fraction of sp³-hybridized carbons (Fsp3) is 0.111. The summed E-state index contributed by atoms with van der Waals surface area (Å²) in [6.07, 6.45) is 3.83. The average Bonchev–Trinajstić information content (AvgIpc) is 2.47. The number of esters is 2. The number of hydrogen-bond donors (Lipinski definition) is 0. The summed E-state index contributed by atoms with van der Waals surface area (Å²) in [6.45, 7) is 2.59. The highest BCUT2D eigenvalue weighted by atomic mass is 16.6. The zero-order valence-corrected chi connectivity index (χ0v) is 12.4. The molecule has 0 saturated heterocycles. The lowest BCUT2D eigenvalue weighted by Gasteiger charge is -2.09. The summed E-state index contributed by atoms with van der Waals surface area (Å²) in [5, 5.41) is 0. The van der Waals surface area contributed by atoms with Crippen LogP contribution in [-0.2, 0) is 9.59 Å². The maximum Gasteiger partial charge on any atom is 0.308 e. The smallest absolute Gasteiger partial charge is 0.308 e. The molecule has 0 fully saturated rings. The summed E-state index contributed by atoms with van der Waals surface area (Å²) in [7, 11) is 0. The van der Waals surface area contributed by atoms with Gasteiger partial charge < -0.3 is 9.47 Å². The highest BCUT2D eigenvalue weighted by Gasteiger charge is 2.10. The monoisotopic (exact) mass is 296 g/mol. The second-order valence-corrected chi connectivity index (χ2v) is 4.64. The van der Waals surface area contributed by atoms with Gasteiger partial charge >= 0.3 is 11.9 Å². The number of rotatable bonds is 4. The molecule has 0 aliphatic rings. The van der Waals surface area contributed by atoms with Crippen LogP contribution in [0.5, 0.6) is 11.5 Å². The molecule has 22 heavy (non-hydrogen) atoms. The topological polar surface area (TPSA) is 52.6 Å². The Bertz CT molecular complexity index is 702. The standard InChI is InChI=1S/C18H16O4/c1-13(19)21-17-11-10-16(12-18(17)22-14(2)20)9-8-15-6-4-3-5-7-15/h3-12H,1-2H3/b9-8+. The van der Waals surface area contributed by atoms with Crippen molar-refractivity contribution in [1.82, 2.24) is 0 Å². The Balaban J connectivity index is 2.27. The van der Waals surface area contributed by atoms with Gasteiger partial charge in [0.25, 0.3) is 0 Å². The van der Waals surface area contributed by atoms with Gasteiger partial charge in [-0.25, -0.2) is 0 Å². The van der Waals surface area contributed by atoms with Crippen LogP contribution in [0, 0.1) is 0 Å². The Kier molecular flexibility index (Phi) is 5.09. The van der Waals surface area contributed by atoms with Gasteiger partial charge in [0.15, 0.2) is 11.5 Å². The zero-order valence-electron chi connectivity index (χ0n) is 12.4. The Labute approximate surface area is 129 Å². The van der Waals surface area contributed by atoms with E-state index in [-0.39, 0.29) is 11.5 Å². The molecule has 0 aliphatic carbocycles. The molecule has 4 nitrogen and oxygen atoms in total. The quantitative estimate of drug-likeness (QED) is 0.490. The Hall–Kier alpha value is -2.88. The fourth-order valence-corrected chi connectivity index (χ4v) is 1.86. The van der Waals surface area contributed by atoms with Crippen molar-refractivity contribution in [2.75, 3.05) is 0 Å². The molecule has 0 heterocycles. The molecule has 112 valence electrons. The lowest BCUT2D eigenvalue weighted by molar-refractivity contribution is -0.134. The number of benzene rings is 2. The maximum absolute atomic E-state index is 11.2. The minimum absolute atomic E-state index is 0.220. The maximum atomic E-state index is 11.2. The van der Waals surface area contributed by atoms with Crippen molar-refractivity contribution in [1.29, 1.82) is 0 Å². The molecular weight excluding hydrogens is 280 g/mol. The first kappa shape index (κ1) is 15.5. The molecule has 0 radical (unpaired) electrons. The van der Waals surface area contributed by atoms with E-state index in [1.165, 1.54) is 13.8 Å². The third-order valence-corrected chi connectivity index (χ3v) is 2.74. The largest absolute Gasteiger partial charge is 0.423 e. The molecule has 0 spiro atoms. The van der Waals surface area contributed by atoms with E-state index in [9.17, 15) is 9.59 Å². The van der Waals surface area contributed by atoms with Crippen molar-refractivity contribution in [3.8, 4) is 11.5 Å². The van der Waals surface area contributed by atoms with Crippen molar-refractivity contribution in [3.63, 3.8) is 0 Å². The molecule has 0 unspecified atom stereocenters. The molecule has 0 aromatic heterocycles. The van der Waals surface area contributed by atoms with E-state index in [0.717, 1.165) is 11.1 Å². The van der Waals surface area contributed by atoms with Crippen molar-refractivity contribution < 1.29 is 19.1 Å². The molecule has 0 amide bonds. The summed E-state index contributed by atoms with van der Waals surface area (Å²) in [5.41, 5.74) is 1.89. The number of carbonyl (C=O) groups excluding carboxylic acids is 2. The van der Waals surface area contributed by atoms with E-state index in [2.05, 4.69) is 0 Å². The molecule has 2 rings (SSSR count). The molecule has 0 saturated carbocycles. The fourth-order valence-electron chi connectivity index (χ4n) is 1.86. The van der Waals surface area contributed by atoms with Gasteiger partial charge in [-0.3, -0.25) is 9.59 Å². The van der Waals surface area contributed by atoms with Gasteiger partial charge in [0.2, 0.25) is 0 Å². The third kappa shape index (κ3) is 4.59. The van der Waals surface area contributed by atoms with Crippen molar-refractivity contribution in [2.45, 2.75) is 13.8 Å². The lowest BCUT2D eigenvalue weighted by atomic mass is 10.1. The summed E-state index contributed by atoms with van der Waals surface area (Å²) >= 11 is 0. The van der Waals surface area contributed by atoms with E-state index in [4.69, 9.17) is 9.47 Å². The van der Waals surface area contributed by atoms with E-state index >= 15 is 0 Å². The molecule has 2 aromatic rings. The zero-order chi connectivity index (χ0) is 15.9. The van der Waals surface area contributed by atoms with Gasteiger partial charge in [0.05, 0.1) is 0 Å². The predicted octanol–water partition coefficient (Wildman–Crippen LogP) is 3.71. The first-order valence-electron chi connectivity index (χ1n) is 6.78. The predicted molar refractivity (Wildman–Crippen MR) is 84.4 cm³/mol. The van der Waals surface area contributed by atoms with Crippen LogP contribution in [0.25, 0.3) is 12.2 Å². The molecule has 0 aliphatic heterocycles. The lowest BCUT2D eigenvalue weighted by Crippen LogP contribution is -2.07. The van der Waals surface area contributed by atoms with Gasteiger partial charge in [0, 0.05) is 13.8 Å². The van der Waals surface area contributed by atoms with Gasteiger partial charge in [0.1, 0.15) is 0 Å². The van der Waals surface area contributed by atoms with Gasteiger partial charge in [-0.15, -0.1) is 0 Å². The van der Waals surface area contributed by atoms with Crippen LogP contribution in [0.3, 0.4) is 0 Å². The van der Waals surface area contributed by atoms with Crippen LogP contribution in [0.2, 0.25) is 0 Å². The number of carbonyl (C=O) groups is 2. The molecule has 2 aromatic carbocycles. The molecule has 0 N–H and O–H groups in total. The Morgan fingerprint density at radius 2 is 1.36 bits per heavy atom. The van der Waals surface area contributed by atoms with Crippen LogP contribution < -0.4 is 9.47 Å². The first-order valence-corrected chi connectivity index (χ1v) is 6.78. The average molecular weight is 296 g/mol. The number of ether oxygens (including phenoxy) is 2.